The average molecular weight is 257 g/mol. The number of nitrogens with one attached hydrogen (secondary N) is 1. The molecule has 0 bridgehead atoms. The monoisotopic (exact) mass is 257 g/mol. The minimum atomic E-state index is 0.348. The van der Waals surface area contributed by atoms with Crippen molar-refractivity contribution in [1.82, 2.24) is 5.32 Å². The third-order valence-electron chi connectivity index (χ3n) is 3.94. The Hall–Kier alpha value is -0.120. The molecule has 3 heteroatoms. The van der Waals surface area contributed by atoms with E-state index in [0.29, 0.717) is 18.1 Å². The van der Waals surface area contributed by atoms with E-state index in [0.717, 1.165) is 32.2 Å². The number of likely N-dealkylation sites (N-methyl/N-ethyl adjacent to an activating group) is 1. The standard InChI is InChI=1S/C15H31NO2/c1-5-6-7-17-8-9-18-15-13(3)10-12(2)11-14(15)16-4/h12-16H,5-11H2,1-4H3. The Kier molecular flexibility index (Phi) is 7.87. The van der Waals surface area contributed by atoms with Gasteiger partial charge in [0.2, 0.25) is 0 Å². The van der Waals surface area contributed by atoms with Crippen molar-refractivity contribution in [1.29, 1.82) is 0 Å². The molecule has 0 heterocycles. The molecule has 0 aliphatic heterocycles. The summed E-state index contributed by atoms with van der Waals surface area (Å²) in [6.07, 6.45) is 5.19. The molecule has 3 nitrogen and oxygen atoms in total. The molecule has 1 rings (SSSR count). The molecule has 0 radical (unpaired) electrons. The molecule has 1 aliphatic carbocycles. The van der Waals surface area contributed by atoms with E-state index < -0.39 is 0 Å². The lowest BCUT2D eigenvalue weighted by Crippen LogP contribution is -2.48. The summed E-state index contributed by atoms with van der Waals surface area (Å²) in [7, 11) is 2.05. The number of ether oxygens (including phenoxy) is 2. The van der Waals surface area contributed by atoms with Crippen LogP contribution in [-0.2, 0) is 9.47 Å². The molecule has 0 aromatic carbocycles. The predicted molar refractivity (Wildman–Crippen MR) is 75.9 cm³/mol. The number of unbranched alkanes of at least 4 members (excludes halogenated alkanes) is 1. The molecule has 1 N–H and O–H groups in total. The molecular weight excluding hydrogens is 226 g/mol. The summed E-state index contributed by atoms with van der Waals surface area (Å²) in [6.45, 7) is 9.16. The second-order valence-corrected chi connectivity index (χ2v) is 5.75. The number of rotatable bonds is 8. The SMILES string of the molecule is CCCCOCCOC1C(C)CC(C)CC1NC. The summed E-state index contributed by atoms with van der Waals surface area (Å²) >= 11 is 0. The van der Waals surface area contributed by atoms with Gasteiger partial charge in [-0.25, -0.2) is 0 Å². The average Bonchev–Trinajstić information content (AvgIpc) is 2.35. The second-order valence-electron chi connectivity index (χ2n) is 5.75. The molecular formula is C15H31NO2. The molecule has 108 valence electrons. The van der Waals surface area contributed by atoms with Crippen LogP contribution in [0.4, 0.5) is 0 Å². The van der Waals surface area contributed by atoms with Gasteiger partial charge < -0.3 is 14.8 Å². The van der Waals surface area contributed by atoms with Gasteiger partial charge in [0.15, 0.2) is 0 Å². The van der Waals surface area contributed by atoms with Crippen molar-refractivity contribution in [2.45, 2.75) is 58.6 Å². The van der Waals surface area contributed by atoms with E-state index >= 15 is 0 Å². The first-order valence-corrected chi connectivity index (χ1v) is 7.55. The van der Waals surface area contributed by atoms with E-state index in [2.05, 4.69) is 26.1 Å². The van der Waals surface area contributed by atoms with E-state index in [4.69, 9.17) is 9.47 Å². The predicted octanol–water partition coefficient (Wildman–Crippen LogP) is 2.84. The van der Waals surface area contributed by atoms with Gasteiger partial charge in [0.25, 0.3) is 0 Å². The Labute approximate surface area is 113 Å². The normalized spacial score (nSPS) is 32.7. The fourth-order valence-electron chi connectivity index (χ4n) is 2.98. The van der Waals surface area contributed by atoms with E-state index in [1.807, 2.05) is 7.05 Å². The quantitative estimate of drug-likeness (QED) is 0.678. The maximum atomic E-state index is 6.04. The molecule has 4 unspecified atom stereocenters. The van der Waals surface area contributed by atoms with Crippen LogP contribution in [0.25, 0.3) is 0 Å². The Morgan fingerprint density at radius 3 is 2.56 bits per heavy atom. The van der Waals surface area contributed by atoms with Crippen molar-refractivity contribution in [3.8, 4) is 0 Å². The minimum absolute atomic E-state index is 0.348. The zero-order valence-electron chi connectivity index (χ0n) is 12.6. The Bertz CT molecular complexity index is 211. The summed E-state index contributed by atoms with van der Waals surface area (Å²) < 4.78 is 11.6. The summed E-state index contributed by atoms with van der Waals surface area (Å²) in [4.78, 5) is 0. The number of hydrogen-bond donors (Lipinski definition) is 1. The highest BCUT2D eigenvalue weighted by atomic mass is 16.5. The van der Waals surface area contributed by atoms with Crippen LogP contribution >= 0.6 is 0 Å². The van der Waals surface area contributed by atoms with Crippen LogP contribution in [0.3, 0.4) is 0 Å². The molecule has 1 saturated carbocycles. The van der Waals surface area contributed by atoms with Gasteiger partial charge in [-0.05, 0) is 38.1 Å². The third kappa shape index (κ3) is 5.25. The second kappa shape index (κ2) is 8.89. The smallest absolute Gasteiger partial charge is 0.0754 e. The van der Waals surface area contributed by atoms with E-state index in [-0.39, 0.29) is 0 Å². The topological polar surface area (TPSA) is 30.5 Å². The zero-order valence-corrected chi connectivity index (χ0v) is 12.6. The first kappa shape index (κ1) is 15.9. The van der Waals surface area contributed by atoms with Gasteiger partial charge in [0.05, 0.1) is 19.3 Å². The van der Waals surface area contributed by atoms with Gasteiger partial charge in [-0.2, -0.15) is 0 Å². The van der Waals surface area contributed by atoms with E-state index in [1.165, 1.54) is 19.3 Å². The fraction of sp³-hybridized carbons (Fsp3) is 1.00. The molecule has 0 aromatic rings. The Morgan fingerprint density at radius 1 is 1.11 bits per heavy atom. The van der Waals surface area contributed by atoms with Crippen LogP contribution < -0.4 is 5.32 Å². The molecule has 1 fully saturated rings. The van der Waals surface area contributed by atoms with Crippen LogP contribution in [0.15, 0.2) is 0 Å². The Morgan fingerprint density at radius 2 is 1.89 bits per heavy atom. The van der Waals surface area contributed by atoms with Gasteiger partial charge in [-0.1, -0.05) is 27.2 Å². The molecule has 0 saturated heterocycles. The third-order valence-corrected chi connectivity index (χ3v) is 3.94. The lowest BCUT2D eigenvalue weighted by atomic mass is 9.78. The molecule has 18 heavy (non-hydrogen) atoms. The molecule has 0 amide bonds. The van der Waals surface area contributed by atoms with Crippen molar-refractivity contribution in [2.24, 2.45) is 11.8 Å². The lowest BCUT2D eigenvalue weighted by Gasteiger charge is -2.39. The van der Waals surface area contributed by atoms with E-state index in [1.54, 1.807) is 0 Å². The largest absolute Gasteiger partial charge is 0.379 e. The molecule has 0 aromatic heterocycles. The van der Waals surface area contributed by atoms with E-state index in [9.17, 15) is 0 Å². The fourth-order valence-corrected chi connectivity index (χ4v) is 2.98. The van der Waals surface area contributed by atoms with Crippen molar-refractivity contribution < 1.29 is 9.47 Å². The highest BCUT2D eigenvalue weighted by Gasteiger charge is 2.33. The summed E-state index contributed by atoms with van der Waals surface area (Å²) in [5.74, 6) is 1.44. The van der Waals surface area contributed by atoms with Crippen LogP contribution in [0, 0.1) is 11.8 Å². The molecule has 1 aliphatic rings. The van der Waals surface area contributed by atoms with Crippen LogP contribution in [0.2, 0.25) is 0 Å². The van der Waals surface area contributed by atoms with Crippen LogP contribution in [-0.4, -0.2) is 39.0 Å². The molecule has 4 atom stereocenters. The van der Waals surface area contributed by atoms with Crippen molar-refractivity contribution in [3.05, 3.63) is 0 Å². The minimum Gasteiger partial charge on any atom is -0.379 e. The maximum absolute atomic E-state index is 6.04. The highest BCUT2D eigenvalue weighted by molar-refractivity contribution is 4.87. The van der Waals surface area contributed by atoms with Crippen LogP contribution in [0.1, 0.15) is 46.5 Å². The van der Waals surface area contributed by atoms with Crippen molar-refractivity contribution >= 4 is 0 Å². The first-order chi connectivity index (χ1) is 8.69. The zero-order chi connectivity index (χ0) is 13.4. The summed E-state index contributed by atoms with van der Waals surface area (Å²) in [5.41, 5.74) is 0. The van der Waals surface area contributed by atoms with Crippen molar-refractivity contribution in [2.75, 3.05) is 26.9 Å². The maximum Gasteiger partial charge on any atom is 0.0754 e. The van der Waals surface area contributed by atoms with Gasteiger partial charge in [-0.15, -0.1) is 0 Å². The molecule has 0 spiro atoms. The summed E-state index contributed by atoms with van der Waals surface area (Å²) in [6, 6.07) is 0.499. The van der Waals surface area contributed by atoms with Gasteiger partial charge >= 0.3 is 0 Å². The summed E-state index contributed by atoms with van der Waals surface area (Å²) in [5, 5.41) is 3.41. The lowest BCUT2D eigenvalue weighted by molar-refractivity contribution is -0.0565. The first-order valence-electron chi connectivity index (χ1n) is 7.55. The highest BCUT2D eigenvalue weighted by Crippen LogP contribution is 2.30. The number of hydrogen-bond acceptors (Lipinski definition) is 3. The van der Waals surface area contributed by atoms with Gasteiger partial charge in [-0.3, -0.25) is 0 Å². The van der Waals surface area contributed by atoms with Gasteiger partial charge in [0.1, 0.15) is 0 Å². The van der Waals surface area contributed by atoms with Crippen molar-refractivity contribution in [3.63, 3.8) is 0 Å². The van der Waals surface area contributed by atoms with Crippen LogP contribution in [0.5, 0.6) is 0 Å². The van der Waals surface area contributed by atoms with Gasteiger partial charge in [0, 0.05) is 12.6 Å². The Balaban J connectivity index is 2.21.